The van der Waals surface area contributed by atoms with Crippen LogP contribution in [0.2, 0.25) is 0 Å². The Kier molecular flexibility index (Phi) is 4.68. The number of aliphatic hydroxyl groups is 2. The van der Waals surface area contributed by atoms with Crippen LogP contribution in [0.5, 0.6) is 11.5 Å². The first-order valence-electron chi connectivity index (χ1n) is 8.43. The maximum absolute atomic E-state index is 14.2. The molecule has 0 saturated carbocycles. The minimum absolute atomic E-state index is 0.0416. The van der Waals surface area contributed by atoms with E-state index < -0.39 is 42.6 Å². The summed E-state index contributed by atoms with van der Waals surface area (Å²) in [4.78, 5) is 28.1. The lowest BCUT2D eigenvalue weighted by molar-refractivity contribution is -0.140. The van der Waals surface area contributed by atoms with E-state index in [0.29, 0.717) is 16.1 Å². The highest BCUT2D eigenvalue weighted by Crippen LogP contribution is 2.42. The number of nitrogens with zero attached hydrogens (tertiary/aromatic N) is 2. The molecule has 3 N–H and O–H groups in total. The highest BCUT2D eigenvalue weighted by atomic mass is 19.3. The van der Waals surface area contributed by atoms with Crippen LogP contribution in [0.15, 0.2) is 35.3 Å². The third-order valence-electron chi connectivity index (χ3n) is 4.52. The number of aliphatic hydroxyl groups excluding tert-OH is 2. The van der Waals surface area contributed by atoms with Crippen molar-refractivity contribution in [2.75, 3.05) is 18.7 Å². The minimum atomic E-state index is -3.82. The highest BCUT2D eigenvalue weighted by molar-refractivity contribution is 6.04. The molecule has 10 nitrogen and oxygen atoms in total. The summed E-state index contributed by atoms with van der Waals surface area (Å²) in [6.07, 6.45) is -5.02. The van der Waals surface area contributed by atoms with Crippen molar-refractivity contribution in [3.8, 4) is 11.5 Å². The average molecular weight is 411 g/mol. The van der Waals surface area contributed by atoms with E-state index >= 15 is 0 Å². The Bertz CT molecular complexity index is 1010. The van der Waals surface area contributed by atoms with Crippen LogP contribution >= 0.6 is 0 Å². The smallest absolute Gasteiger partial charge is 0.351 e. The number of anilines is 1. The summed E-state index contributed by atoms with van der Waals surface area (Å²) in [5.74, 6) is -3.72. The van der Waals surface area contributed by atoms with E-state index in [-0.39, 0.29) is 18.2 Å². The molecule has 1 amide bonds. The lowest BCUT2D eigenvalue weighted by atomic mass is 10.1. The monoisotopic (exact) mass is 411 g/mol. The van der Waals surface area contributed by atoms with Crippen molar-refractivity contribution in [2.45, 2.75) is 24.4 Å². The number of carbonyl (C=O) groups is 1. The molecule has 154 valence electrons. The van der Waals surface area contributed by atoms with Crippen molar-refractivity contribution in [1.82, 2.24) is 9.55 Å². The van der Waals surface area contributed by atoms with Crippen LogP contribution < -0.4 is 20.5 Å². The van der Waals surface area contributed by atoms with Crippen LogP contribution in [0.1, 0.15) is 16.6 Å². The number of benzene rings is 1. The van der Waals surface area contributed by atoms with Gasteiger partial charge in [0.25, 0.3) is 5.91 Å². The Labute approximate surface area is 161 Å². The van der Waals surface area contributed by atoms with Crippen molar-refractivity contribution in [2.24, 2.45) is 0 Å². The molecule has 1 fully saturated rings. The van der Waals surface area contributed by atoms with Gasteiger partial charge in [0, 0.05) is 11.8 Å². The normalized spacial score (nSPS) is 24.5. The lowest BCUT2D eigenvalue weighted by Crippen LogP contribution is -2.41. The molecule has 3 heterocycles. The van der Waals surface area contributed by atoms with E-state index in [9.17, 15) is 23.5 Å². The van der Waals surface area contributed by atoms with E-state index in [1.54, 1.807) is 6.07 Å². The Morgan fingerprint density at radius 1 is 1.31 bits per heavy atom. The van der Waals surface area contributed by atoms with Crippen LogP contribution in [0.25, 0.3) is 0 Å². The quantitative estimate of drug-likeness (QED) is 0.646. The predicted octanol–water partition coefficient (Wildman–Crippen LogP) is 0.110. The van der Waals surface area contributed by atoms with Gasteiger partial charge in [0.05, 0.1) is 6.61 Å². The summed E-state index contributed by atoms with van der Waals surface area (Å²) in [6.45, 7) is -0.807. The number of fused-ring (bicyclic) bond motifs is 1. The fourth-order valence-electron chi connectivity index (χ4n) is 3.01. The molecule has 29 heavy (non-hydrogen) atoms. The van der Waals surface area contributed by atoms with E-state index in [1.165, 1.54) is 12.1 Å². The molecule has 0 radical (unpaired) electrons. The fourth-order valence-corrected chi connectivity index (χ4v) is 3.01. The van der Waals surface area contributed by atoms with Crippen LogP contribution in [-0.4, -0.2) is 57.2 Å². The number of carbonyl (C=O) groups excluding carboxylic acids is 1. The van der Waals surface area contributed by atoms with E-state index in [1.807, 2.05) is 0 Å². The van der Waals surface area contributed by atoms with Crippen molar-refractivity contribution in [1.29, 1.82) is 0 Å². The second-order valence-electron chi connectivity index (χ2n) is 6.35. The Morgan fingerprint density at radius 2 is 2.07 bits per heavy atom. The maximum atomic E-state index is 14.2. The molecule has 1 saturated heterocycles. The third kappa shape index (κ3) is 3.30. The zero-order valence-corrected chi connectivity index (χ0v) is 14.6. The van der Waals surface area contributed by atoms with Gasteiger partial charge in [-0.05, 0) is 24.3 Å². The van der Waals surface area contributed by atoms with E-state index in [0.717, 1.165) is 12.3 Å². The number of aromatic nitrogens is 2. The van der Waals surface area contributed by atoms with E-state index in [4.69, 9.17) is 19.3 Å². The molecule has 3 atom stereocenters. The van der Waals surface area contributed by atoms with Gasteiger partial charge < -0.3 is 29.7 Å². The first kappa shape index (κ1) is 19.2. The molecular formula is C17H15F2N3O7. The Hall–Kier alpha value is -3.09. The van der Waals surface area contributed by atoms with Crippen LogP contribution in [0.3, 0.4) is 0 Å². The van der Waals surface area contributed by atoms with Gasteiger partial charge >= 0.3 is 11.6 Å². The molecule has 1 unspecified atom stereocenters. The molecule has 1 aromatic carbocycles. The van der Waals surface area contributed by atoms with Crippen molar-refractivity contribution in [3.05, 3.63) is 46.5 Å². The average Bonchev–Trinajstić information content (AvgIpc) is 3.24. The summed E-state index contributed by atoms with van der Waals surface area (Å²) < 4.78 is 44.1. The Balaban J connectivity index is 1.53. The fraction of sp³-hybridized carbons (Fsp3) is 0.353. The molecule has 0 bridgehead atoms. The number of rotatable bonds is 4. The molecule has 0 spiro atoms. The molecule has 12 heteroatoms. The van der Waals surface area contributed by atoms with Gasteiger partial charge in [0.2, 0.25) is 13.0 Å². The summed E-state index contributed by atoms with van der Waals surface area (Å²) in [6, 6.07) is 5.60. The van der Waals surface area contributed by atoms with Gasteiger partial charge in [-0.2, -0.15) is 13.8 Å². The van der Waals surface area contributed by atoms with Gasteiger partial charge in [-0.3, -0.25) is 9.36 Å². The number of hydrogen-bond acceptors (Lipinski definition) is 8. The maximum Gasteiger partial charge on any atom is 0.351 e. The largest absolute Gasteiger partial charge is 0.454 e. The van der Waals surface area contributed by atoms with Gasteiger partial charge in [-0.1, -0.05) is 0 Å². The molecule has 1 aromatic heterocycles. The zero-order chi connectivity index (χ0) is 20.8. The standard InChI is InChI=1S/C17H15F2N3O7/c18-17(19)13(24)11(6-23)29-15(17)22-4-3-12(21-16(22)26)20-14(25)8-1-2-9-10(5-8)28-7-27-9/h1-5,11,13,15,23-24H,6-7H2,(H,20,21,25,26)/t11-,13-,15?/m1/s1. The second kappa shape index (κ2) is 7.06. The zero-order valence-electron chi connectivity index (χ0n) is 14.6. The van der Waals surface area contributed by atoms with Gasteiger partial charge in [-0.15, -0.1) is 0 Å². The summed E-state index contributed by atoms with van der Waals surface area (Å²) in [5.41, 5.74) is -0.927. The summed E-state index contributed by atoms with van der Waals surface area (Å²) in [5, 5.41) is 21.0. The topological polar surface area (TPSA) is 132 Å². The minimum Gasteiger partial charge on any atom is -0.454 e. The number of hydrogen-bond donors (Lipinski definition) is 3. The van der Waals surface area contributed by atoms with Gasteiger partial charge in [0.15, 0.2) is 17.6 Å². The third-order valence-corrected chi connectivity index (χ3v) is 4.52. The van der Waals surface area contributed by atoms with Gasteiger partial charge in [0.1, 0.15) is 11.9 Å². The molecule has 4 rings (SSSR count). The van der Waals surface area contributed by atoms with Crippen LogP contribution in [0, 0.1) is 0 Å². The highest BCUT2D eigenvalue weighted by Gasteiger charge is 2.59. The molecular weight excluding hydrogens is 396 g/mol. The molecule has 2 aromatic rings. The van der Waals surface area contributed by atoms with Crippen LogP contribution in [0.4, 0.5) is 14.6 Å². The molecule has 2 aliphatic heterocycles. The summed E-state index contributed by atoms with van der Waals surface area (Å²) in [7, 11) is 0. The molecule has 2 aliphatic rings. The van der Waals surface area contributed by atoms with Crippen molar-refractivity contribution >= 4 is 11.7 Å². The number of nitrogens with one attached hydrogen (secondary N) is 1. The Morgan fingerprint density at radius 3 is 2.76 bits per heavy atom. The van der Waals surface area contributed by atoms with Crippen molar-refractivity contribution in [3.63, 3.8) is 0 Å². The first-order chi connectivity index (χ1) is 13.8. The molecule has 0 aliphatic carbocycles. The number of alkyl halides is 2. The number of amides is 1. The first-order valence-corrected chi connectivity index (χ1v) is 8.43. The second-order valence-corrected chi connectivity index (χ2v) is 6.35. The SMILES string of the molecule is O=C(Nc1ccn(C2O[C@H](CO)[C@@H](O)C2(F)F)c(=O)n1)c1ccc2c(c1)OCO2. The number of ether oxygens (including phenoxy) is 3. The lowest BCUT2D eigenvalue weighted by Gasteiger charge is -2.21. The van der Waals surface area contributed by atoms with E-state index in [2.05, 4.69) is 10.3 Å². The summed E-state index contributed by atoms with van der Waals surface area (Å²) >= 11 is 0. The van der Waals surface area contributed by atoms with Crippen LogP contribution in [-0.2, 0) is 4.74 Å². The van der Waals surface area contributed by atoms with Gasteiger partial charge in [-0.25, -0.2) is 4.79 Å². The predicted molar refractivity (Wildman–Crippen MR) is 91.0 cm³/mol. The van der Waals surface area contributed by atoms with Crippen molar-refractivity contribution < 1.29 is 38.0 Å². The number of halogens is 2.